The maximum atomic E-state index is 13.9. The predicted octanol–water partition coefficient (Wildman–Crippen LogP) is 6.89. The van der Waals surface area contributed by atoms with Crippen molar-refractivity contribution in [2.24, 2.45) is 5.92 Å². The van der Waals surface area contributed by atoms with Crippen LogP contribution in [-0.4, -0.2) is 27.0 Å². The fourth-order valence-electron chi connectivity index (χ4n) is 5.30. The molecule has 34 heavy (non-hydrogen) atoms. The van der Waals surface area contributed by atoms with Crippen molar-refractivity contribution in [3.8, 4) is 0 Å². The number of esters is 1. The average molecular weight is 460 g/mol. The van der Waals surface area contributed by atoms with Crippen LogP contribution in [0.2, 0.25) is 0 Å². The van der Waals surface area contributed by atoms with Gasteiger partial charge >= 0.3 is 5.97 Å². The Labute approximate surface area is 198 Å². The zero-order valence-electron chi connectivity index (χ0n) is 19.8. The molecule has 0 radical (unpaired) electrons. The molecule has 5 rings (SSSR count). The van der Waals surface area contributed by atoms with Crippen LogP contribution < -0.4 is 0 Å². The molecule has 2 aromatic carbocycles. The highest BCUT2D eigenvalue weighted by Crippen LogP contribution is 2.43. The molecule has 1 saturated carbocycles. The van der Waals surface area contributed by atoms with Crippen molar-refractivity contribution in [2.75, 3.05) is 0 Å². The van der Waals surface area contributed by atoms with Crippen molar-refractivity contribution >= 4 is 27.9 Å². The number of imidazole rings is 1. The Morgan fingerprint density at radius 2 is 1.79 bits per heavy atom. The van der Waals surface area contributed by atoms with Gasteiger partial charge in [-0.05, 0) is 99.4 Å². The molecule has 6 heteroatoms. The molecule has 0 bridgehead atoms. The first-order valence-corrected chi connectivity index (χ1v) is 12.1. The SMILES string of the molecule is CC(C)OC(=O)c1ccc2nc([C@H](C)[C@H]3CC[C@@H](c4ccnc5ccc(F)cc54)CC3)[nH]c2c1. The summed E-state index contributed by atoms with van der Waals surface area (Å²) in [6.07, 6.45) is 6.00. The van der Waals surface area contributed by atoms with Crippen LogP contribution in [0.3, 0.4) is 0 Å². The number of nitrogens with one attached hydrogen (secondary N) is 1. The number of H-pyrrole nitrogens is 1. The highest BCUT2D eigenvalue weighted by atomic mass is 19.1. The number of carbonyl (C=O) groups is 1. The van der Waals surface area contributed by atoms with Gasteiger partial charge in [0.15, 0.2) is 0 Å². The normalized spacial score (nSPS) is 19.6. The lowest BCUT2D eigenvalue weighted by Gasteiger charge is -2.32. The lowest BCUT2D eigenvalue weighted by atomic mass is 9.73. The predicted molar refractivity (Wildman–Crippen MR) is 131 cm³/mol. The van der Waals surface area contributed by atoms with E-state index in [1.54, 1.807) is 18.2 Å². The molecular formula is C28H30FN3O2. The fourth-order valence-corrected chi connectivity index (χ4v) is 5.30. The molecule has 5 nitrogen and oxygen atoms in total. The molecule has 2 heterocycles. The molecule has 0 saturated heterocycles. The number of hydrogen-bond acceptors (Lipinski definition) is 4. The van der Waals surface area contributed by atoms with E-state index in [0.717, 1.165) is 53.4 Å². The van der Waals surface area contributed by atoms with E-state index in [0.29, 0.717) is 17.4 Å². The van der Waals surface area contributed by atoms with Gasteiger partial charge < -0.3 is 9.72 Å². The standard InChI is InChI=1S/C28H30FN3O2/c1-16(2)34-28(33)20-8-10-25-26(14-20)32-27(31-25)17(3)18-4-6-19(7-5-18)22-12-13-30-24-11-9-21(29)15-23(22)24/h8-19H,4-7H2,1-3H3,(H,31,32)/t17-,18-,19+/m1/s1. The van der Waals surface area contributed by atoms with Crippen molar-refractivity contribution in [2.45, 2.75) is 64.4 Å². The number of halogens is 1. The second-order valence-corrected chi connectivity index (χ2v) is 9.77. The molecule has 1 N–H and O–H groups in total. The van der Waals surface area contributed by atoms with Crippen molar-refractivity contribution in [3.63, 3.8) is 0 Å². The lowest BCUT2D eigenvalue weighted by molar-refractivity contribution is 0.0378. The minimum atomic E-state index is -0.317. The molecule has 0 aliphatic heterocycles. The van der Waals surface area contributed by atoms with Gasteiger partial charge in [0.25, 0.3) is 0 Å². The summed E-state index contributed by atoms with van der Waals surface area (Å²) in [5.41, 5.74) is 4.32. The van der Waals surface area contributed by atoms with Crippen molar-refractivity contribution < 1.29 is 13.9 Å². The van der Waals surface area contributed by atoms with E-state index in [2.05, 4.69) is 23.0 Å². The monoisotopic (exact) mass is 459 g/mol. The second-order valence-electron chi connectivity index (χ2n) is 9.77. The Balaban J connectivity index is 1.30. The Morgan fingerprint density at radius 3 is 2.56 bits per heavy atom. The number of rotatable bonds is 5. The molecule has 0 spiro atoms. The van der Waals surface area contributed by atoms with Gasteiger partial charge in [-0.25, -0.2) is 14.2 Å². The molecule has 1 aliphatic rings. The number of fused-ring (bicyclic) bond motifs is 2. The molecular weight excluding hydrogens is 429 g/mol. The maximum Gasteiger partial charge on any atom is 0.338 e. The van der Waals surface area contributed by atoms with Crippen LogP contribution in [0.4, 0.5) is 4.39 Å². The smallest absolute Gasteiger partial charge is 0.338 e. The van der Waals surface area contributed by atoms with E-state index >= 15 is 0 Å². The van der Waals surface area contributed by atoms with E-state index in [-0.39, 0.29) is 23.8 Å². The summed E-state index contributed by atoms with van der Waals surface area (Å²) in [7, 11) is 0. The number of aromatic amines is 1. The van der Waals surface area contributed by atoms with Crippen LogP contribution in [0.5, 0.6) is 0 Å². The Kier molecular flexibility index (Phi) is 6.07. The van der Waals surface area contributed by atoms with Gasteiger partial charge in [0.05, 0.1) is 28.2 Å². The number of aromatic nitrogens is 3. The van der Waals surface area contributed by atoms with Crippen molar-refractivity contribution in [1.29, 1.82) is 0 Å². The number of carbonyl (C=O) groups excluding carboxylic acids is 1. The first-order chi connectivity index (χ1) is 16.4. The Morgan fingerprint density at radius 1 is 1.03 bits per heavy atom. The van der Waals surface area contributed by atoms with Crippen LogP contribution in [0.1, 0.15) is 80.0 Å². The van der Waals surface area contributed by atoms with E-state index in [1.165, 1.54) is 11.6 Å². The average Bonchev–Trinajstić information content (AvgIpc) is 3.26. The molecule has 1 atom stereocenters. The van der Waals surface area contributed by atoms with Crippen LogP contribution in [-0.2, 0) is 4.74 Å². The third-order valence-electron chi connectivity index (χ3n) is 7.17. The number of pyridine rings is 1. The minimum absolute atomic E-state index is 0.153. The molecule has 176 valence electrons. The number of benzene rings is 2. The van der Waals surface area contributed by atoms with Crippen LogP contribution >= 0.6 is 0 Å². The Hall–Kier alpha value is -3.28. The van der Waals surface area contributed by atoms with Gasteiger partial charge in [0, 0.05) is 17.5 Å². The van der Waals surface area contributed by atoms with Gasteiger partial charge in [0.2, 0.25) is 0 Å². The highest BCUT2D eigenvalue weighted by Gasteiger charge is 2.29. The second kappa shape index (κ2) is 9.16. The van der Waals surface area contributed by atoms with E-state index in [9.17, 15) is 9.18 Å². The molecule has 0 unspecified atom stereocenters. The zero-order valence-corrected chi connectivity index (χ0v) is 19.8. The van der Waals surface area contributed by atoms with Crippen LogP contribution in [0.15, 0.2) is 48.7 Å². The summed E-state index contributed by atoms with van der Waals surface area (Å²) in [4.78, 5) is 24.9. The third kappa shape index (κ3) is 4.41. The van der Waals surface area contributed by atoms with Gasteiger partial charge in [-0.2, -0.15) is 0 Å². The largest absolute Gasteiger partial charge is 0.459 e. The molecule has 1 fully saturated rings. The summed E-state index contributed by atoms with van der Waals surface area (Å²) in [5, 5.41) is 0.933. The highest BCUT2D eigenvalue weighted by molar-refractivity contribution is 5.93. The van der Waals surface area contributed by atoms with E-state index < -0.39 is 0 Å². The first kappa shape index (κ1) is 22.5. The maximum absolute atomic E-state index is 13.9. The van der Waals surface area contributed by atoms with Gasteiger partial charge in [-0.3, -0.25) is 4.98 Å². The first-order valence-electron chi connectivity index (χ1n) is 12.1. The van der Waals surface area contributed by atoms with Gasteiger partial charge in [-0.1, -0.05) is 6.92 Å². The zero-order chi connectivity index (χ0) is 23.8. The summed E-state index contributed by atoms with van der Waals surface area (Å²) in [5.74, 6) is 1.65. The molecule has 0 amide bonds. The molecule has 4 aromatic rings. The number of hydrogen-bond donors (Lipinski definition) is 1. The van der Waals surface area contributed by atoms with Crippen LogP contribution in [0.25, 0.3) is 21.9 Å². The van der Waals surface area contributed by atoms with Crippen molar-refractivity contribution in [1.82, 2.24) is 15.0 Å². The summed E-state index contributed by atoms with van der Waals surface area (Å²) >= 11 is 0. The van der Waals surface area contributed by atoms with Gasteiger partial charge in [0.1, 0.15) is 11.6 Å². The topological polar surface area (TPSA) is 67.9 Å². The Bertz CT molecular complexity index is 1340. The minimum Gasteiger partial charge on any atom is -0.459 e. The third-order valence-corrected chi connectivity index (χ3v) is 7.17. The summed E-state index contributed by atoms with van der Waals surface area (Å²) in [6.45, 7) is 5.92. The fraction of sp³-hybridized carbons (Fsp3) is 0.393. The van der Waals surface area contributed by atoms with Crippen LogP contribution in [0, 0.1) is 11.7 Å². The molecule has 2 aromatic heterocycles. The number of ether oxygens (including phenoxy) is 1. The van der Waals surface area contributed by atoms with Gasteiger partial charge in [-0.15, -0.1) is 0 Å². The van der Waals surface area contributed by atoms with E-state index in [4.69, 9.17) is 9.72 Å². The summed E-state index contributed by atoms with van der Waals surface area (Å²) in [6, 6.07) is 12.4. The number of nitrogens with zero attached hydrogens (tertiary/aromatic N) is 2. The quantitative estimate of drug-likeness (QED) is 0.330. The lowest BCUT2D eigenvalue weighted by Crippen LogP contribution is -2.19. The summed E-state index contributed by atoms with van der Waals surface area (Å²) < 4.78 is 19.2. The van der Waals surface area contributed by atoms with E-state index in [1.807, 2.05) is 32.2 Å². The molecule has 1 aliphatic carbocycles. The van der Waals surface area contributed by atoms with Crippen molar-refractivity contribution in [3.05, 3.63) is 71.4 Å².